The molecule has 0 bridgehead atoms. The van der Waals surface area contributed by atoms with E-state index >= 15 is 0 Å². The highest BCUT2D eigenvalue weighted by Crippen LogP contribution is 2.26. The standard InChI is InChI=1S/C15H17BrN2/c16-12-6-4-11(5-7-12)13-8-9-15(18-13)14-3-1-2-10-17-14/h4-9,14,17-18H,1-3,10H2. The molecule has 0 amide bonds. The molecule has 2 N–H and O–H groups in total. The van der Waals surface area contributed by atoms with Gasteiger partial charge in [-0.05, 0) is 49.2 Å². The molecule has 0 spiro atoms. The highest BCUT2D eigenvalue weighted by molar-refractivity contribution is 9.10. The van der Waals surface area contributed by atoms with Gasteiger partial charge in [0.2, 0.25) is 0 Å². The first-order chi connectivity index (χ1) is 8.83. The van der Waals surface area contributed by atoms with Crippen molar-refractivity contribution in [1.82, 2.24) is 10.3 Å². The van der Waals surface area contributed by atoms with Gasteiger partial charge in [0.05, 0.1) is 0 Å². The Labute approximate surface area is 116 Å². The Morgan fingerprint density at radius 3 is 2.56 bits per heavy atom. The fourth-order valence-electron chi connectivity index (χ4n) is 2.53. The molecular weight excluding hydrogens is 288 g/mol. The van der Waals surface area contributed by atoms with E-state index in [2.05, 4.69) is 62.6 Å². The Bertz CT molecular complexity index is 510. The number of aromatic nitrogens is 1. The third-order valence-electron chi connectivity index (χ3n) is 3.55. The van der Waals surface area contributed by atoms with Crippen LogP contribution in [-0.4, -0.2) is 11.5 Å². The normalized spacial score (nSPS) is 19.9. The van der Waals surface area contributed by atoms with Crippen molar-refractivity contribution in [2.24, 2.45) is 0 Å². The van der Waals surface area contributed by atoms with Gasteiger partial charge in [0.25, 0.3) is 0 Å². The lowest BCUT2D eigenvalue weighted by Gasteiger charge is -2.22. The van der Waals surface area contributed by atoms with Gasteiger partial charge in [-0.1, -0.05) is 34.5 Å². The van der Waals surface area contributed by atoms with Crippen molar-refractivity contribution in [3.05, 3.63) is 46.6 Å². The number of H-pyrrole nitrogens is 1. The van der Waals surface area contributed by atoms with Crippen LogP contribution in [0.3, 0.4) is 0 Å². The predicted octanol–water partition coefficient (Wildman–Crippen LogP) is 4.26. The van der Waals surface area contributed by atoms with Gasteiger partial charge in [0, 0.05) is 21.9 Å². The number of benzene rings is 1. The number of hydrogen-bond acceptors (Lipinski definition) is 1. The largest absolute Gasteiger partial charge is 0.357 e. The van der Waals surface area contributed by atoms with Crippen LogP contribution >= 0.6 is 15.9 Å². The van der Waals surface area contributed by atoms with E-state index in [1.54, 1.807) is 0 Å². The molecule has 1 aromatic carbocycles. The lowest BCUT2D eigenvalue weighted by molar-refractivity contribution is 0.406. The van der Waals surface area contributed by atoms with Crippen LogP contribution in [0.25, 0.3) is 11.3 Å². The molecule has 2 nitrogen and oxygen atoms in total. The molecule has 2 heterocycles. The van der Waals surface area contributed by atoms with Crippen LogP contribution in [0.15, 0.2) is 40.9 Å². The third-order valence-corrected chi connectivity index (χ3v) is 4.08. The van der Waals surface area contributed by atoms with Crippen molar-refractivity contribution in [1.29, 1.82) is 0 Å². The van der Waals surface area contributed by atoms with Crippen LogP contribution in [0.4, 0.5) is 0 Å². The van der Waals surface area contributed by atoms with Crippen molar-refractivity contribution in [2.45, 2.75) is 25.3 Å². The summed E-state index contributed by atoms with van der Waals surface area (Å²) in [6.07, 6.45) is 3.86. The van der Waals surface area contributed by atoms with E-state index < -0.39 is 0 Å². The number of halogens is 1. The minimum Gasteiger partial charge on any atom is -0.357 e. The molecule has 1 saturated heterocycles. The lowest BCUT2D eigenvalue weighted by atomic mass is 10.0. The first-order valence-electron chi connectivity index (χ1n) is 6.51. The van der Waals surface area contributed by atoms with Gasteiger partial charge >= 0.3 is 0 Å². The van der Waals surface area contributed by atoms with Gasteiger partial charge in [-0.2, -0.15) is 0 Å². The Hall–Kier alpha value is -1.06. The fraction of sp³-hybridized carbons (Fsp3) is 0.333. The minimum absolute atomic E-state index is 0.503. The van der Waals surface area contributed by atoms with E-state index in [1.165, 1.54) is 36.2 Å². The molecular formula is C15H17BrN2. The van der Waals surface area contributed by atoms with Crippen molar-refractivity contribution in [3.63, 3.8) is 0 Å². The minimum atomic E-state index is 0.503. The van der Waals surface area contributed by atoms with Crippen molar-refractivity contribution in [3.8, 4) is 11.3 Å². The molecule has 1 atom stereocenters. The zero-order chi connectivity index (χ0) is 12.4. The van der Waals surface area contributed by atoms with E-state index in [0.29, 0.717) is 6.04 Å². The summed E-state index contributed by atoms with van der Waals surface area (Å²) in [6, 6.07) is 13.3. The number of piperidine rings is 1. The molecule has 0 radical (unpaired) electrons. The molecule has 3 rings (SSSR count). The summed E-state index contributed by atoms with van der Waals surface area (Å²) in [5.41, 5.74) is 3.75. The molecule has 1 aromatic heterocycles. The molecule has 1 aliphatic rings. The third kappa shape index (κ3) is 2.52. The Morgan fingerprint density at radius 2 is 1.83 bits per heavy atom. The van der Waals surface area contributed by atoms with E-state index in [4.69, 9.17) is 0 Å². The average molecular weight is 305 g/mol. The molecule has 3 heteroatoms. The van der Waals surface area contributed by atoms with Crippen molar-refractivity contribution < 1.29 is 0 Å². The number of nitrogens with one attached hydrogen (secondary N) is 2. The average Bonchev–Trinajstić information content (AvgIpc) is 2.90. The summed E-state index contributed by atoms with van der Waals surface area (Å²) >= 11 is 3.47. The molecule has 2 aromatic rings. The first-order valence-corrected chi connectivity index (χ1v) is 7.30. The Balaban J connectivity index is 1.82. The Kier molecular flexibility index (Phi) is 3.52. The highest BCUT2D eigenvalue weighted by Gasteiger charge is 2.16. The van der Waals surface area contributed by atoms with E-state index in [0.717, 1.165) is 11.0 Å². The second-order valence-corrected chi connectivity index (χ2v) is 5.75. The summed E-state index contributed by atoms with van der Waals surface area (Å²) in [6.45, 7) is 1.14. The fourth-order valence-corrected chi connectivity index (χ4v) is 2.79. The topological polar surface area (TPSA) is 27.8 Å². The lowest BCUT2D eigenvalue weighted by Crippen LogP contribution is -2.26. The van der Waals surface area contributed by atoms with E-state index in [-0.39, 0.29) is 0 Å². The second-order valence-electron chi connectivity index (χ2n) is 4.84. The van der Waals surface area contributed by atoms with E-state index in [1.807, 2.05) is 0 Å². The second kappa shape index (κ2) is 5.29. The summed E-state index contributed by atoms with van der Waals surface area (Å²) in [5, 5.41) is 3.57. The van der Waals surface area contributed by atoms with Crippen molar-refractivity contribution >= 4 is 15.9 Å². The summed E-state index contributed by atoms with van der Waals surface area (Å²) in [4.78, 5) is 3.54. The zero-order valence-corrected chi connectivity index (χ0v) is 11.8. The summed E-state index contributed by atoms with van der Waals surface area (Å²) in [5.74, 6) is 0. The predicted molar refractivity (Wildman–Crippen MR) is 78.5 cm³/mol. The maximum atomic E-state index is 3.57. The molecule has 1 fully saturated rings. The van der Waals surface area contributed by atoms with Crippen LogP contribution in [0, 0.1) is 0 Å². The molecule has 0 saturated carbocycles. The van der Waals surface area contributed by atoms with Crippen molar-refractivity contribution in [2.75, 3.05) is 6.54 Å². The van der Waals surface area contributed by atoms with Crippen LogP contribution in [0.1, 0.15) is 31.0 Å². The van der Waals surface area contributed by atoms with Crippen LogP contribution < -0.4 is 5.32 Å². The van der Waals surface area contributed by atoms with Crippen LogP contribution in [0.5, 0.6) is 0 Å². The monoisotopic (exact) mass is 304 g/mol. The smallest absolute Gasteiger partial charge is 0.0472 e. The molecule has 1 aliphatic heterocycles. The molecule has 1 unspecified atom stereocenters. The number of rotatable bonds is 2. The van der Waals surface area contributed by atoms with Gasteiger partial charge in [0.1, 0.15) is 0 Å². The summed E-state index contributed by atoms with van der Waals surface area (Å²) in [7, 11) is 0. The Morgan fingerprint density at radius 1 is 1.00 bits per heavy atom. The number of aromatic amines is 1. The first kappa shape index (κ1) is 12.0. The highest BCUT2D eigenvalue weighted by atomic mass is 79.9. The van der Waals surface area contributed by atoms with Crippen LogP contribution in [0.2, 0.25) is 0 Å². The number of hydrogen-bond donors (Lipinski definition) is 2. The van der Waals surface area contributed by atoms with Gasteiger partial charge in [-0.25, -0.2) is 0 Å². The SMILES string of the molecule is Brc1ccc(-c2ccc(C3CCCCN3)[nH]2)cc1. The van der Waals surface area contributed by atoms with E-state index in [9.17, 15) is 0 Å². The van der Waals surface area contributed by atoms with Gasteiger partial charge in [-0.15, -0.1) is 0 Å². The molecule has 18 heavy (non-hydrogen) atoms. The van der Waals surface area contributed by atoms with Gasteiger partial charge in [-0.3, -0.25) is 0 Å². The maximum absolute atomic E-state index is 3.57. The maximum Gasteiger partial charge on any atom is 0.0472 e. The molecule has 0 aliphatic carbocycles. The quantitative estimate of drug-likeness (QED) is 0.852. The van der Waals surface area contributed by atoms with Gasteiger partial charge in [0.15, 0.2) is 0 Å². The van der Waals surface area contributed by atoms with Gasteiger partial charge < -0.3 is 10.3 Å². The zero-order valence-electron chi connectivity index (χ0n) is 10.2. The van der Waals surface area contributed by atoms with Crippen LogP contribution in [-0.2, 0) is 0 Å². The molecule has 94 valence electrons. The summed E-state index contributed by atoms with van der Waals surface area (Å²) < 4.78 is 1.12.